The van der Waals surface area contributed by atoms with Crippen molar-refractivity contribution in [2.45, 2.75) is 36.3 Å². The van der Waals surface area contributed by atoms with Crippen molar-refractivity contribution in [1.29, 1.82) is 5.26 Å². The maximum atomic E-state index is 12.5. The number of benzene rings is 1. The minimum absolute atomic E-state index is 0.0342. The molecule has 0 aliphatic heterocycles. The predicted molar refractivity (Wildman–Crippen MR) is 67.6 cm³/mol. The first-order valence-corrected chi connectivity index (χ1v) is 7.21. The van der Waals surface area contributed by atoms with E-state index in [1.807, 2.05) is 6.07 Å². The Hall–Kier alpha value is -1.05. The van der Waals surface area contributed by atoms with E-state index >= 15 is 0 Å². The average Bonchev–Trinajstić information content (AvgIpc) is 2.32. The fourth-order valence-electron chi connectivity index (χ4n) is 1.72. The number of halogens is 1. The highest BCUT2D eigenvalue weighted by Crippen LogP contribution is 2.34. The summed E-state index contributed by atoms with van der Waals surface area (Å²) in [5.74, 6) is 0. The molecule has 0 unspecified atom stereocenters. The summed E-state index contributed by atoms with van der Waals surface area (Å²) in [5.41, 5.74) is 0. The lowest BCUT2D eigenvalue weighted by Crippen LogP contribution is -2.36. The van der Waals surface area contributed by atoms with Crippen LogP contribution in [0.2, 0.25) is 5.02 Å². The van der Waals surface area contributed by atoms with Gasteiger partial charge >= 0.3 is 0 Å². The second kappa shape index (κ2) is 5.07. The van der Waals surface area contributed by atoms with Gasteiger partial charge in [0.1, 0.15) is 0 Å². The molecule has 0 heterocycles. The van der Waals surface area contributed by atoms with Gasteiger partial charge in [0, 0.05) is 0 Å². The van der Waals surface area contributed by atoms with Crippen LogP contribution >= 0.6 is 11.6 Å². The maximum Gasteiger partial charge on any atom is 0.198 e. The third-order valence-electron chi connectivity index (χ3n) is 2.99. The number of rotatable bonds is 4. The molecule has 0 N–H and O–H groups in total. The number of sulfone groups is 1. The van der Waals surface area contributed by atoms with E-state index in [-0.39, 0.29) is 22.8 Å². The molecule has 17 heavy (non-hydrogen) atoms. The van der Waals surface area contributed by atoms with Crippen LogP contribution in [-0.2, 0) is 9.84 Å². The third-order valence-corrected chi connectivity index (χ3v) is 6.06. The highest BCUT2D eigenvalue weighted by Gasteiger charge is 2.43. The van der Waals surface area contributed by atoms with Crippen molar-refractivity contribution in [2.75, 3.05) is 0 Å². The van der Waals surface area contributed by atoms with Gasteiger partial charge in [-0.3, -0.25) is 0 Å². The van der Waals surface area contributed by atoms with E-state index in [2.05, 4.69) is 0 Å². The van der Waals surface area contributed by atoms with Gasteiger partial charge in [0.2, 0.25) is 0 Å². The molecule has 92 valence electrons. The molecule has 5 heteroatoms. The van der Waals surface area contributed by atoms with Gasteiger partial charge in [-0.2, -0.15) is 5.26 Å². The highest BCUT2D eigenvalue weighted by atomic mass is 35.5. The van der Waals surface area contributed by atoms with E-state index in [1.165, 1.54) is 12.1 Å². The van der Waals surface area contributed by atoms with Gasteiger partial charge in [-0.1, -0.05) is 37.6 Å². The molecule has 3 nitrogen and oxygen atoms in total. The van der Waals surface area contributed by atoms with Gasteiger partial charge in [-0.15, -0.1) is 0 Å². The molecule has 0 fully saturated rings. The van der Waals surface area contributed by atoms with Gasteiger partial charge in [0.05, 0.1) is 16.0 Å². The standard InChI is InChI=1S/C12H14ClNO2S/c1-3-12(4-2,9-14)17(15,16)11-8-6-5-7-10(11)13/h5-8H,3-4H2,1-2H3. The quantitative estimate of drug-likeness (QED) is 0.845. The topological polar surface area (TPSA) is 57.9 Å². The Kier molecular flexibility index (Phi) is 4.18. The zero-order valence-corrected chi connectivity index (χ0v) is 11.3. The van der Waals surface area contributed by atoms with E-state index in [9.17, 15) is 13.7 Å². The lowest BCUT2D eigenvalue weighted by atomic mass is 10.1. The predicted octanol–water partition coefficient (Wildman–Crippen LogP) is 3.20. The van der Waals surface area contributed by atoms with Crippen LogP contribution in [0.25, 0.3) is 0 Å². The van der Waals surface area contributed by atoms with E-state index in [0.717, 1.165) is 0 Å². The first kappa shape index (κ1) is 14.0. The van der Waals surface area contributed by atoms with Gasteiger partial charge in [-0.25, -0.2) is 8.42 Å². The van der Waals surface area contributed by atoms with E-state index < -0.39 is 14.6 Å². The van der Waals surface area contributed by atoms with E-state index in [1.54, 1.807) is 26.0 Å². The van der Waals surface area contributed by atoms with Crippen molar-refractivity contribution < 1.29 is 8.42 Å². The van der Waals surface area contributed by atoms with Gasteiger partial charge < -0.3 is 0 Å². The smallest absolute Gasteiger partial charge is 0.198 e. The summed E-state index contributed by atoms with van der Waals surface area (Å²) < 4.78 is 23.5. The zero-order chi connectivity index (χ0) is 13.1. The fraction of sp³-hybridized carbons (Fsp3) is 0.417. The molecule has 1 aromatic rings. The number of hydrogen-bond acceptors (Lipinski definition) is 3. The van der Waals surface area contributed by atoms with Crippen molar-refractivity contribution in [3.05, 3.63) is 29.3 Å². The molecule has 1 rings (SSSR count). The molecule has 0 radical (unpaired) electrons. The SMILES string of the molecule is CCC(C#N)(CC)S(=O)(=O)c1ccccc1Cl. The Morgan fingerprint density at radius 2 is 1.82 bits per heavy atom. The summed E-state index contributed by atoms with van der Waals surface area (Å²) in [7, 11) is -3.74. The lowest BCUT2D eigenvalue weighted by molar-refractivity contribution is 0.539. The Morgan fingerprint density at radius 3 is 2.24 bits per heavy atom. The zero-order valence-electron chi connectivity index (χ0n) is 9.77. The summed E-state index contributed by atoms with van der Waals surface area (Å²) in [6, 6.07) is 8.15. The third kappa shape index (κ3) is 2.18. The van der Waals surface area contributed by atoms with Crippen LogP contribution in [0.5, 0.6) is 0 Å². The van der Waals surface area contributed by atoms with Crippen molar-refractivity contribution in [2.24, 2.45) is 0 Å². The summed E-state index contributed by atoms with van der Waals surface area (Å²) in [4.78, 5) is 0.0342. The molecular weight excluding hydrogens is 258 g/mol. The second-order valence-corrected chi connectivity index (χ2v) is 6.38. The first-order valence-electron chi connectivity index (χ1n) is 5.35. The van der Waals surface area contributed by atoms with Crippen LogP contribution in [0.3, 0.4) is 0 Å². The van der Waals surface area contributed by atoms with Crippen molar-refractivity contribution in [1.82, 2.24) is 0 Å². The van der Waals surface area contributed by atoms with Crippen molar-refractivity contribution in [3.8, 4) is 6.07 Å². The van der Waals surface area contributed by atoms with Crippen LogP contribution in [-0.4, -0.2) is 13.2 Å². The average molecular weight is 272 g/mol. The largest absolute Gasteiger partial charge is 0.222 e. The van der Waals surface area contributed by atoms with Gasteiger partial charge in [0.25, 0.3) is 0 Å². The van der Waals surface area contributed by atoms with Crippen LogP contribution in [0.1, 0.15) is 26.7 Å². The van der Waals surface area contributed by atoms with Crippen molar-refractivity contribution in [3.63, 3.8) is 0 Å². The molecule has 0 bridgehead atoms. The minimum atomic E-state index is -3.74. The Labute approximate surface area is 107 Å². The molecular formula is C12H14ClNO2S. The van der Waals surface area contributed by atoms with Gasteiger partial charge in [0.15, 0.2) is 14.6 Å². The van der Waals surface area contributed by atoms with Crippen LogP contribution in [0, 0.1) is 11.3 Å². The van der Waals surface area contributed by atoms with E-state index in [0.29, 0.717) is 0 Å². The molecule has 0 atom stereocenters. The Balaban J connectivity index is 3.50. The molecule has 0 saturated heterocycles. The Bertz CT molecular complexity index is 542. The van der Waals surface area contributed by atoms with Crippen molar-refractivity contribution >= 4 is 21.4 Å². The summed E-state index contributed by atoms with van der Waals surface area (Å²) in [6.07, 6.45) is 0.487. The minimum Gasteiger partial charge on any atom is -0.222 e. The summed E-state index contributed by atoms with van der Waals surface area (Å²) in [6.45, 7) is 3.39. The normalized spacial score (nSPS) is 12.1. The molecule has 0 aromatic heterocycles. The molecule has 0 amide bonds. The Morgan fingerprint density at radius 1 is 1.29 bits per heavy atom. The molecule has 0 aliphatic carbocycles. The van der Waals surface area contributed by atoms with Gasteiger partial charge in [-0.05, 0) is 25.0 Å². The molecule has 0 spiro atoms. The lowest BCUT2D eigenvalue weighted by Gasteiger charge is -2.23. The number of hydrogen-bond donors (Lipinski definition) is 0. The monoisotopic (exact) mass is 271 g/mol. The molecule has 0 aliphatic rings. The number of nitriles is 1. The highest BCUT2D eigenvalue weighted by molar-refractivity contribution is 7.93. The first-order chi connectivity index (χ1) is 7.95. The van der Waals surface area contributed by atoms with Crippen LogP contribution in [0.4, 0.5) is 0 Å². The van der Waals surface area contributed by atoms with Crippen LogP contribution < -0.4 is 0 Å². The summed E-state index contributed by atoms with van der Waals surface area (Å²) in [5, 5.41) is 9.35. The maximum absolute atomic E-state index is 12.5. The molecule has 0 saturated carbocycles. The number of nitrogens with zero attached hydrogens (tertiary/aromatic N) is 1. The molecule has 1 aromatic carbocycles. The second-order valence-electron chi connectivity index (χ2n) is 3.75. The summed E-state index contributed by atoms with van der Waals surface area (Å²) >= 11 is 5.90. The van der Waals surface area contributed by atoms with E-state index in [4.69, 9.17) is 11.6 Å². The van der Waals surface area contributed by atoms with Crippen LogP contribution in [0.15, 0.2) is 29.2 Å². The fourth-order valence-corrected chi connectivity index (χ4v) is 4.05.